The molecule has 4 heterocycles. The number of alkyl halides is 2. The fourth-order valence-corrected chi connectivity index (χ4v) is 4.81. The number of piperidine rings is 1. The van der Waals surface area contributed by atoms with Gasteiger partial charge in [0, 0.05) is 48.4 Å². The molecule has 0 bridgehead atoms. The predicted octanol–water partition coefficient (Wildman–Crippen LogP) is 2.46. The van der Waals surface area contributed by atoms with Gasteiger partial charge in [0.1, 0.15) is 6.54 Å². The van der Waals surface area contributed by atoms with E-state index in [-0.39, 0.29) is 6.04 Å². The summed E-state index contributed by atoms with van der Waals surface area (Å²) in [6.45, 7) is 2.59. The highest BCUT2D eigenvalue weighted by Crippen LogP contribution is 2.34. The molecule has 0 saturated carbocycles. The number of hydrogen-bond donors (Lipinski definition) is 3. The maximum Gasteiger partial charge on any atom is 0.257 e. The van der Waals surface area contributed by atoms with Gasteiger partial charge in [-0.25, -0.2) is 13.8 Å². The number of aliphatic imine (C=N–C) groups is 1. The van der Waals surface area contributed by atoms with E-state index >= 15 is 0 Å². The van der Waals surface area contributed by atoms with Crippen molar-refractivity contribution in [3.8, 4) is 0 Å². The van der Waals surface area contributed by atoms with Crippen LogP contribution >= 0.6 is 0 Å². The zero-order valence-electron chi connectivity index (χ0n) is 17.2. The van der Waals surface area contributed by atoms with Crippen LogP contribution in [0.15, 0.2) is 47.9 Å². The first-order valence-electron chi connectivity index (χ1n) is 10.8. The smallest absolute Gasteiger partial charge is 0.257 e. The number of benzene rings is 1. The number of guanidine groups is 1. The average molecular weight is 428 g/mol. The second-order valence-corrected chi connectivity index (χ2v) is 8.47. The predicted molar refractivity (Wildman–Crippen MR) is 116 cm³/mol. The van der Waals surface area contributed by atoms with Crippen molar-refractivity contribution in [2.45, 2.75) is 37.9 Å². The van der Waals surface area contributed by atoms with Gasteiger partial charge in [-0.05, 0) is 43.0 Å². The van der Waals surface area contributed by atoms with Gasteiger partial charge in [-0.3, -0.25) is 4.68 Å². The Labute approximate surface area is 180 Å². The zero-order chi connectivity index (χ0) is 21.4. The first-order valence-corrected chi connectivity index (χ1v) is 10.8. The van der Waals surface area contributed by atoms with Gasteiger partial charge in [0.25, 0.3) is 6.43 Å². The fraction of sp³-hybridized carbons (Fsp3) is 0.455. The number of likely N-dealkylation sites (tertiary alicyclic amines) is 1. The highest BCUT2D eigenvalue weighted by Gasteiger charge is 2.35. The monoisotopic (exact) mass is 427 g/mol. The van der Waals surface area contributed by atoms with E-state index < -0.39 is 13.0 Å². The van der Waals surface area contributed by atoms with E-state index in [2.05, 4.69) is 20.6 Å². The summed E-state index contributed by atoms with van der Waals surface area (Å²) in [4.78, 5) is 7.05. The molecule has 1 aromatic carbocycles. The van der Waals surface area contributed by atoms with E-state index in [0.717, 1.165) is 48.7 Å². The van der Waals surface area contributed by atoms with Crippen molar-refractivity contribution >= 4 is 17.2 Å². The molecule has 3 aliphatic rings. The summed E-state index contributed by atoms with van der Waals surface area (Å²) in [5.41, 5.74) is 9.29. The van der Waals surface area contributed by atoms with Crippen LogP contribution < -0.4 is 16.4 Å². The minimum atomic E-state index is -2.45. The lowest BCUT2D eigenvalue weighted by Crippen LogP contribution is -2.52. The van der Waals surface area contributed by atoms with E-state index in [1.807, 2.05) is 30.5 Å². The third-order valence-electron chi connectivity index (χ3n) is 6.43. The molecule has 4 N–H and O–H groups in total. The van der Waals surface area contributed by atoms with Crippen molar-refractivity contribution in [2.75, 3.05) is 25.4 Å². The molecular weight excluding hydrogens is 400 g/mol. The number of hydrogen-bond acceptors (Lipinski definition) is 6. The van der Waals surface area contributed by atoms with E-state index in [0.29, 0.717) is 17.6 Å². The minimum Gasteiger partial charge on any atom is -0.399 e. The van der Waals surface area contributed by atoms with Crippen molar-refractivity contribution in [3.05, 3.63) is 54.0 Å². The number of nitrogens with one attached hydrogen (secondary N) is 2. The number of nitrogens with zero attached hydrogens (tertiary/aromatic N) is 4. The van der Waals surface area contributed by atoms with Gasteiger partial charge in [0.05, 0.1) is 12.2 Å². The Morgan fingerprint density at radius 3 is 2.84 bits per heavy atom. The highest BCUT2D eigenvalue weighted by molar-refractivity contribution is 5.88. The SMILES string of the molecule is Nc1ccc(C2NC(N3CCC4NCCC4C3)=NC=C2c2cnn(CC(F)F)c2)cc1. The lowest BCUT2D eigenvalue weighted by molar-refractivity contribution is 0.122. The zero-order valence-corrected chi connectivity index (χ0v) is 17.2. The van der Waals surface area contributed by atoms with Crippen LogP contribution in [-0.4, -0.2) is 52.7 Å². The molecule has 2 aromatic rings. The second kappa shape index (κ2) is 8.30. The van der Waals surface area contributed by atoms with E-state index in [9.17, 15) is 8.78 Å². The molecule has 3 unspecified atom stereocenters. The summed E-state index contributed by atoms with van der Waals surface area (Å²) in [7, 11) is 0. The Bertz CT molecular complexity index is 982. The molecule has 5 rings (SSSR count). The summed E-state index contributed by atoms with van der Waals surface area (Å²) in [6.07, 6.45) is 4.97. The van der Waals surface area contributed by atoms with Gasteiger partial charge in [-0.15, -0.1) is 0 Å². The lowest BCUT2D eigenvalue weighted by Gasteiger charge is -2.39. The number of aromatic nitrogens is 2. The van der Waals surface area contributed by atoms with Gasteiger partial charge in [-0.2, -0.15) is 5.10 Å². The van der Waals surface area contributed by atoms with E-state index in [1.165, 1.54) is 11.1 Å². The first kappa shape index (κ1) is 20.0. The maximum absolute atomic E-state index is 12.8. The molecule has 0 aliphatic carbocycles. The lowest BCUT2D eigenvalue weighted by atomic mass is 9.92. The summed E-state index contributed by atoms with van der Waals surface area (Å²) in [5.74, 6) is 1.50. The molecule has 1 aromatic heterocycles. The Hall–Kier alpha value is -2.94. The van der Waals surface area contributed by atoms with Crippen molar-refractivity contribution in [2.24, 2.45) is 10.9 Å². The molecule has 9 heteroatoms. The van der Waals surface area contributed by atoms with Gasteiger partial charge in [-0.1, -0.05) is 12.1 Å². The molecule has 2 saturated heterocycles. The van der Waals surface area contributed by atoms with E-state index in [1.54, 1.807) is 12.4 Å². The first-order chi connectivity index (χ1) is 15.1. The Kier molecular flexibility index (Phi) is 5.35. The van der Waals surface area contributed by atoms with Crippen LogP contribution in [0.5, 0.6) is 0 Å². The van der Waals surface area contributed by atoms with Crippen LogP contribution in [0.25, 0.3) is 5.57 Å². The molecule has 3 atom stereocenters. The largest absolute Gasteiger partial charge is 0.399 e. The number of halogens is 2. The topological polar surface area (TPSA) is 83.5 Å². The molecule has 7 nitrogen and oxygen atoms in total. The van der Waals surface area contributed by atoms with Crippen LogP contribution in [0.4, 0.5) is 14.5 Å². The molecule has 0 spiro atoms. The van der Waals surface area contributed by atoms with Crippen LogP contribution in [0.3, 0.4) is 0 Å². The van der Waals surface area contributed by atoms with Crippen molar-refractivity contribution < 1.29 is 8.78 Å². The Morgan fingerprint density at radius 1 is 1.19 bits per heavy atom. The quantitative estimate of drug-likeness (QED) is 0.653. The maximum atomic E-state index is 12.8. The molecule has 164 valence electrons. The van der Waals surface area contributed by atoms with Crippen molar-refractivity contribution in [1.29, 1.82) is 0 Å². The molecule has 31 heavy (non-hydrogen) atoms. The summed E-state index contributed by atoms with van der Waals surface area (Å²) >= 11 is 0. The number of anilines is 1. The van der Waals surface area contributed by atoms with E-state index in [4.69, 9.17) is 10.7 Å². The molecule has 2 fully saturated rings. The molecule has 3 aliphatic heterocycles. The number of nitrogen functional groups attached to an aromatic ring is 1. The number of nitrogens with two attached hydrogens (primary N) is 1. The van der Waals surface area contributed by atoms with Crippen molar-refractivity contribution in [3.63, 3.8) is 0 Å². The van der Waals surface area contributed by atoms with Crippen LogP contribution in [-0.2, 0) is 6.54 Å². The van der Waals surface area contributed by atoms with Crippen LogP contribution in [0.1, 0.15) is 30.0 Å². The third kappa shape index (κ3) is 4.14. The number of fused-ring (bicyclic) bond motifs is 1. The molecule has 0 amide bonds. The Morgan fingerprint density at radius 2 is 2.03 bits per heavy atom. The summed E-state index contributed by atoms with van der Waals surface area (Å²) in [6, 6.07) is 8.16. The number of rotatable bonds is 4. The van der Waals surface area contributed by atoms with Crippen molar-refractivity contribution in [1.82, 2.24) is 25.3 Å². The van der Waals surface area contributed by atoms with Crippen LogP contribution in [0.2, 0.25) is 0 Å². The normalized spacial score (nSPS) is 25.8. The summed E-state index contributed by atoms with van der Waals surface area (Å²) in [5, 5.41) is 11.3. The van der Waals surface area contributed by atoms with Crippen LogP contribution in [0, 0.1) is 5.92 Å². The van der Waals surface area contributed by atoms with Gasteiger partial charge >= 0.3 is 0 Å². The third-order valence-corrected chi connectivity index (χ3v) is 6.43. The van der Waals surface area contributed by atoms with Gasteiger partial charge in [0.2, 0.25) is 0 Å². The standard InChI is InChI=1S/C22H27F2N7/c23-20(24)13-31-12-16(9-28-31)18-10-27-22(29-21(18)14-1-3-17(25)4-2-14)30-8-6-19-15(11-30)5-7-26-19/h1-4,9-10,12,15,19-21,26H,5-8,11,13,25H2,(H,27,29). The fourth-order valence-electron chi connectivity index (χ4n) is 4.81. The highest BCUT2D eigenvalue weighted by atomic mass is 19.3. The van der Waals surface area contributed by atoms with Gasteiger partial charge < -0.3 is 21.3 Å². The Balaban J connectivity index is 1.44. The molecular formula is C22H27F2N7. The minimum absolute atomic E-state index is 0.170. The average Bonchev–Trinajstić information content (AvgIpc) is 3.42. The second-order valence-electron chi connectivity index (χ2n) is 8.47. The summed E-state index contributed by atoms with van der Waals surface area (Å²) < 4.78 is 26.8. The van der Waals surface area contributed by atoms with Gasteiger partial charge in [0.15, 0.2) is 5.96 Å². The molecule has 0 radical (unpaired) electrons.